The normalized spacial score (nSPS) is 24.5. The van der Waals surface area contributed by atoms with Crippen LogP contribution in [-0.2, 0) is 11.3 Å². The second-order valence-electron chi connectivity index (χ2n) is 9.28. The molecule has 0 radical (unpaired) electrons. The van der Waals surface area contributed by atoms with E-state index in [9.17, 15) is 0 Å². The van der Waals surface area contributed by atoms with E-state index in [1.807, 2.05) is 18.3 Å². The van der Waals surface area contributed by atoms with Gasteiger partial charge in [0, 0.05) is 36.5 Å². The number of rotatable bonds is 5. The first-order chi connectivity index (χ1) is 12.7. The lowest BCUT2D eigenvalue weighted by atomic mass is 9.80. The first-order valence-corrected chi connectivity index (χ1v) is 10.5. The molecule has 6 heteroatoms. The molecule has 5 nitrogen and oxygen atoms in total. The van der Waals surface area contributed by atoms with E-state index in [0.29, 0.717) is 12.6 Å². The maximum atomic E-state index is 5.87. The van der Waals surface area contributed by atoms with Crippen LogP contribution in [0, 0.1) is 0 Å². The molecular weight excluding hydrogens is 356 g/mol. The summed E-state index contributed by atoms with van der Waals surface area (Å²) >= 11 is 5.85. The summed E-state index contributed by atoms with van der Waals surface area (Å²) in [5, 5.41) is 8.21. The lowest BCUT2D eigenvalue weighted by molar-refractivity contribution is 0.0884. The second-order valence-corrected chi connectivity index (χ2v) is 9.67. The number of hydrogen-bond acceptors (Lipinski definition) is 4. The minimum absolute atomic E-state index is 0.0927. The van der Waals surface area contributed by atoms with E-state index in [0.717, 1.165) is 49.6 Å². The van der Waals surface area contributed by atoms with Crippen molar-refractivity contribution in [1.29, 1.82) is 0 Å². The molecule has 150 valence electrons. The quantitative estimate of drug-likeness (QED) is 0.753. The van der Waals surface area contributed by atoms with Crippen LogP contribution in [0.2, 0.25) is 0 Å². The molecule has 2 N–H and O–H groups in total. The fraction of sp³-hybridized carbons (Fsp3) is 0.714. The summed E-state index contributed by atoms with van der Waals surface area (Å²) in [6, 6.07) is 6.39. The largest absolute Gasteiger partial charge is 0.376 e. The van der Waals surface area contributed by atoms with Crippen molar-refractivity contribution in [2.75, 3.05) is 13.2 Å². The Bertz CT molecular complexity index is 612. The monoisotopic (exact) mass is 390 g/mol. The molecule has 2 aliphatic heterocycles. The number of thiocarbonyl (C=S) groups is 1. The van der Waals surface area contributed by atoms with Crippen LogP contribution in [0.3, 0.4) is 0 Å². The summed E-state index contributed by atoms with van der Waals surface area (Å²) in [7, 11) is 0. The highest BCUT2D eigenvalue weighted by molar-refractivity contribution is 7.80. The predicted molar refractivity (Wildman–Crippen MR) is 114 cm³/mol. The van der Waals surface area contributed by atoms with Gasteiger partial charge in [0.2, 0.25) is 0 Å². The van der Waals surface area contributed by atoms with E-state index < -0.39 is 0 Å². The molecule has 1 unspecified atom stereocenters. The average Bonchev–Trinajstić information content (AvgIpc) is 3.05. The molecule has 2 fully saturated rings. The molecule has 1 aromatic heterocycles. The molecule has 0 bridgehead atoms. The van der Waals surface area contributed by atoms with Gasteiger partial charge in [-0.25, -0.2) is 0 Å². The molecule has 0 amide bonds. The van der Waals surface area contributed by atoms with E-state index in [1.165, 1.54) is 0 Å². The van der Waals surface area contributed by atoms with E-state index in [4.69, 9.17) is 17.0 Å². The lowest BCUT2D eigenvalue weighted by Gasteiger charge is -2.47. The van der Waals surface area contributed by atoms with Crippen molar-refractivity contribution in [2.24, 2.45) is 0 Å². The van der Waals surface area contributed by atoms with Gasteiger partial charge in [0.1, 0.15) is 0 Å². The summed E-state index contributed by atoms with van der Waals surface area (Å²) in [5.74, 6) is 0. The molecule has 2 aliphatic rings. The number of hydrogen-bond donors (Lipinski definition) is 2. The van der Waals surface area contributed by atoms with Crippen molar-refractivity contribution in [3.8, 4) is 0 Å². The molecule has 3 heterocycles. The van der Waals surface area contributed by atoms with E-state index in [-0.39, 0.29) is 17.2 Å². The highest BCUT2D eigenvalue weighted by Gasteiger charge is 2.38. The highest BCUT2D eigenvalue weighted by Crippen LogP contribution is 2.28. The van der Waals surface area contributed by atoms with Crippen molar-refractivity contribution in [1.82, 2.24) is 20.5 Å². The molecule has 3 rings (SSSR count). The number of aromatic nitrogens is 1. The van der Waals surface area contributed by atoms with Gasteiger partial charge < -0.3 is 20.3 Å². The maximum Gasteiger partial charge on any atom is 0.169 e. The van der Waals surface area contributed by atoms with Crippen LogP contribution in [0.25, 0.3) is 0 Å². The number of pyridine rings is 1. The number of nitrogens with one attached hydrogen (secondary N) is 2. The standard InChI is InChI=1S/C21H34N4OS/c1-20(2)12-17(13-21(3,4)24-20)23-19(27)25(15-18-9-7-11-26-18)14-16-8-5-6-10-22-16/h5-6,8,10,17-18,24H,7,9,11-15H2,1-4H3,(H,23,27). The summed E-state index contributed by atoms with van der Waals surface area (Å²) in [6.45, 7) is 11.5. The average molecular weight is 391 g/mol. The first-order valence-electron chi connectivity index (χ1n) is 10.1. The van der Waals surface area contributed by atoms with Gasteiger partial charge in [-0.1, -0.05) is 6.07 Å². The van der Waals surface area contributed by atoms with Crippen LogP contribution >= 0.6 is 12.2 Å². The number of piperidine rings is 1. The predicted octanol–water partition coefficient (Wildman–Crippen LogP) is 3.25. The SMILES string of the molecule is CC1(C)CC(NC(=S)N(Cc2ccccn2)CC2CCCO2)CC(C)(C)N1. The van der Waals surface area contributed by atoms with Gasteiger partial charge in [0.15, 0.2) is 5.11 Å². The van der Waals surface area contributed by atoms with Gasteiger partial charge in [0.25, 0.3) is 0 Å². The van der Waals surface area contributed by atoms with Crippen LogP contribution < -0.4 is 10.6 Å². The third-order valence-corrected chi connectivity index (χ3v) is 5.71. The molecule has 2 saturated heterocycles. The van der Waals surface area contributed by atoms with Crippen LogP contribution in [0.1, 0.15) is 59.1 Å². The number of ether oxygens (including phenoxy) is 1. The Morgan fingerprint density at radius 2 is 2.04 bits per heavy atom. The smallest absolute Gasteiger partial charge is 0.169 e. The zero-order chi connectivity index (χ0) is 19.5. The van der Waals surface area contributed by atoms with Gasteiger partial charge >= 0.3 is 0 Å². The van der Waals surface area contributed by atoms with Crippen molar-refractivity contribution >= 4 is 17.3 Å². The highest BCUT2D eigenvalue weighted by atomic mass is 32.1. The fourth-order valence-corrected chi connectivity index (χ4v) is 4.94. The first kappa shape index (κ1) is 20.5. The van der Waals surface area contributed by atoms with Gasteiger partial charge in [0.05, 0.1) is 18.3 Å². The van der Waals surface area contributed by atoms with Crippen LogP contribution in [0.15, 0.2) is 24.4 Å². The Morgan fingerprint density at radius 1 is 1.30 bits per heavy atom. The van der Waals surface area contributed by atoms with Crippen LogP contribution in [-0.4, -0.2) is 51.4 Å². The zero-order valence-corrected chi connectivity index (χ0v) is 17.9. The van der Waals surface area contributed by atoms with Gasteiger partial charge in [-0.05, 0) is 77.7 Å². The Hall–Kier alpha value is -1.24. The van der Waals surface area contributed by atoms with Crippen molar-refractivity contribution < 1.29 is 4.74 Å². The third-order valence-electron chi connectivity index (χ3n) is 5.33. The summed E-state index contributed by atoms with van der Waals surface area (Å²) in [4.78, 5) is 6.72. The Morgan fingerprint density at radius 3 is 2.63 bits per heavy atom. The van der Waals surface area contributed by atoms with E-state index in [2.05, 4.69) is 54.3 Å². The van der Waals surface area contributed by atoms with Crippen molar-refractivity contribution in [3.63, 3.8) is 0 Å². The Balaban J connectivity index is 1.67. The lowest BCUT2D eigenvalue weighted by Crippen LogP contribution is -2.63. The summed E-state index contributed by atoms with van der Waals surface area (Å²) in [5.41, 5.74) is 1.22. The molecule has 0 spiro atoms. The Kier molecular flexibility index (Phi) is 6.39. The third kappa shape index (κ3) is 6.13. The maximum absolute atomic E-state index is 5.87. The second kappa shape index (κ2) is 8.41. The topological polar surface area (TPSA) is 49.4 Å². The Labute approximate surface area is 169 Å². The molecule has 27 heavy (non-hydrogen) atoms. The van der Waals surface area contributed by atoms with Gasteiger partial charge in [-0.3, -0.25) is 4.98 Å². The van der Waals surface area contributed by atoms with E-state index >= 15 is 0 Å². The van der Waals surface area contributed by atoms with Crippen LogP contribution in [0.5, 0.6) is 0 Å². The summed E-state index contributed by atoms with van der Waals surface area (Å²) < 4.78 is 5.87. The van der Waals surface area contributed by atoms with Crippen molar-refractivity contribution in [3.05, 3.63) is 30.1 Å². The molecule has 1 atom stereocenters. The minimum atomic E-state index is 0.0927. The van der Waals surface area contributed by atoms with Crippen LogP contribution in [0.4, 0.5) is 0 Å². The number of nitrogens with zero attached hydrogens (tertiary/aromatic N) is 2. The molecule has 0 saturated carbocycles. The fourth-order valence-electron chi connectivity index (χ4n) is 4.63. The van der Waals surface area contributed by atoms with Crippen molar-refractivity contribution in [2.45, 2.75) is 83.1 Å². The van der Waals surface area contributed by atoms with Gasteiger partial charge in [-0.2, -0.15) is 0 Å². The molecule has 0 aromatic carbocycles. The molecular formula is C21H34N4OS. The molecule has 1 aromatic rings. The minimum Gasteiger partial charge on any atom is -0.376 e. The van der Waals surface area contributed by atoms with Gasteiger partial charge in [-0.15, -0.1) is 0 Å². The summed E-state index contributed by atoms with van der Waals surface area (Å²) in [6.07, 6.45) is 6.44. The zero-order valence-electron chi connectivity index (χ0n) is 17.1. The molecule has 0 aliphatic carbocycles. The van der Waals surface area contributed by atoms with E-state index in [1.54, 1.807) is 0 Å².